The predicted octanol–water partition coefficient (Wildman–Crippen LogP) is 3.40. The van der Waals surface area contributed by atoms with Crippen molar-refractivity contribution in [2.45, 2.75) is 37.7 Å². The number of hydrogen-bond acceptors (Lipinski definition) is 5. The largest absolute Gasteiger partial charge is 0.486 e. The fraction of sp³-hybridized carbons (Fsp3) is 0.231. The molecular formula is C26H24N4O. The normalized spacial score (nSPS) is 23.4. The highest BCUT2D eigenvalue weighted by Gasteiger charge is 2.34. The van der Waals surface area contributed by atoms with Gasteiger partial charge in [0.1, 0.15) is 18.0 Å². The molecule has 2 atom stereocenters. The summed E-state index contributed by atoms with van der Waals surface area (Å²) in [7, 11) is 0. The molecule has 0 radical (unpaired) electrons. The van der Waals surface area contributed by atoms with Crippen LogP contribution in [0.25, 0.3) is 22.5 Å². The van der Waals surface area contributed by atoms with Crippen LogP contribution in [-0.4, -0.2) is 18.4 Å². The van der Waals surface area contributed by atoms with Crippen LogP contribution >= 0.6 is 0 Å². The van der Waals surface area contributed by atoms with E-state index in [0.717, 1.165) is 25.0 Å². The molecule has 3 heterocycles. The second-order valence-electron chi connectivity index (χ2n) is 8.69. The zero-order chi connectivity index (χ0) is 20.4. The van der Waals surface area contributed by atoms with Gasteiger partial charge >= 0.3 is 0 Å². The average molecular weight is 409 g/mol. The van der Waals surface area contributed by atoms with Gasteiger partial charge in [-0.25, -0.2) is 0 Å². The van der Waals surface area contributed by atoms with Gasteiger partial charge in [0.2, 0.25) is 0 Å². The molecule has 5 nitrogen and oxygen atoms in total. The first-order valence-electron chi connectivity index (χ1n) is 11.1. The van der Waals surface area contributed by atoms with Crippen molar-refractivity contribution in [1.29, 1.82) is 0 Å². The SMILES string of the molecule is C1=C(C2NC3=c4c(cccc4=CCC3)N2)OC(C2Nc3cccc4cccc(c34)N2)C1. The van der Waals surface area contributed by atoms with E-state index >= 15 is 0 Å². The minimum absolute atomic E-state index is 0.0219. The average Bonchev–Trinajstić information content (AvgIpc) is 3.30. The van der Waals surface area contributed by atoms with Gasteiger partial charge in [-0.15, -0.1) is 0 Å². The Hall–Kier alpha value is -3.60. The molecule has 4 N–H and O–H groups in total. The van der Waals surface area contributed by atoms with E-state index in [1.165, 1.54) is 44.0 Å². The van der Waals surface area contributed by atoms with Gasteiger partial charge in [0.25, 0.3) is 0 Å². The van der Waals surface area contributed by atoms with Crippen LogP contribution < -0.4 is 31.7 Å². The molecule has 31 heavy (non-hydrogen) atoms. The molecule has 0 amide bonds. The topological polar surface area (TPSA) is 57.4 Å². The Kier molecular flexibility index (Phi) is 3.56. The summed E-state index contributed by atoms with van der Waals surface area (Å²) in [6.07, 6.45) is 7.57. The second kappa shape index (κ2) is 6.45. The van der Waals surface area contributed by atoms with Crippen molar-refractivity contribution in [3.05, 3.63) is 76.9 Å². The van der Waals surface area contributed by atoms with Crippen LogP contribution in [0.2, 0.25) is 0 Å². The van der Waals surface area contributed by atoms with Gasteiger partial charge in [0.05, 0.1) is 0 Å². The summed E-state index contributed by atoms with van der Waals surface area (Å²) in [5.41, 5.74) is 4.84. The van der Waals surface area contributed by atoms with Crippen LogP contribution in [-0.2, 0) is 4.74 Å². The number of nitrogens with one attached hydrogen (secondary N) is 4. The van der Waals surface area contributed by atoms with Crippen molar-refractivity contribution >= 4 is 39.6 Å². The molecule has 7 rings (SSSR count). The van der Waals surface area contributed by atoms with E-state index in [4.69, 9.17) is 4.74 Å². The Morgan fingerprint density at radius 1 is 0.774 bits per heavy atom. The highest BCUT2D eigenvalue weighted by molar-refractivity contribution is 6.04. The van der Waals surface area contributed by atoms with E-state index < -0.39 is 0 Å². The van der Waals surface area contributed by atoms with Gasteiger partial charge in [0.15, 0.2) is 6.17 Å². The van der Waals surface area contributed by atoms with E-state index in [2.05, 4.69) is 88.0 Å². The lowest BCUT2D eigenvalue weighted by atomic mass is 10.0. The van der Waals surface area contributed by atoms with E-state index in [1.807, 2.05) is 0 Å². The summed E-state index contributed by atoms with van der Waals surface area (Å²) in [6, 6.07) is 19.3. The maximum atomic E-state index is 6.50. The highest BCUT2D eigenvalue weighted by atomic mass is 16.5. The zero-order valence-corrected chi connectivity index (χ0v) is 17.1. The maximum Gasteiger partial charge on any atom is 0.155 e. The van der Waals surface area contributed by atoms with Gasteiger partial charge in [0, 0.05) is 39.8 Å². The van der Waals surface area contributed by atoms with Crippen LogP contribution in [0.4, 0.5) is 17.1 Å². The van der Waals surface area contributed by atoms with E-state index in [9.17, 15) is 0 Å². The van der Waals surface area contributed by atoms with Crippen molar-refractivity contribution < 1.29 is 4.74 Å². The lowest BCUT2D eigenvalue weighted by molar-refractivity contribution is 0.120. The molecule has 154 valence electrons. The third kappa shape index (κ3) is 2.62. The molecule has 0 aromatic heterocycles. The van der Waals surface area contributed by atoms with Crippen molar-refractivity contribution in [2.24, 2.45) is 0 Å². The molecule has 0 bridgehead atoms. The predicted molar refractivity (Wildman–Crippen MR) is 126 cm³/mol. The molecule has 4 aliphatic rings. The number of benzene rings is 3. The van der Waals surface area contributed by atoms with Crippen molar-refractivity contribution in [3.8, 4) is 0 Å². The van der Waals surface area contributed by atoms with Gasteiger partial charge in [-0.2, -0.15) is 0 Å². The first-order chi connectivity index (χ1) is 15.3. The third-order valence-corrected chi connectivity index (χ3v) is 6.80. The molecule has 3 aromatic rings. The van der Waals surface area contributed by atoms with Gasteiger partial charge in [-0.1, -0.05) is 42.5 Å². The van der Waals surface area contributed by atoms with E-state index in [-0.39, 0.29) is 18.4 Å². The minimum atomic E-state index is -0.0276. The van der Waals surface area contributed by atoms with E-state index in [1.54, 1.807) is 0 Å². The smallest absolute Gasteiger partial charge is 0.155 e. The number of ether oxygens (including phenoxy) is 1. The molecule has 2 unspecified atom stereocenters. The summed E-state index contributed by atoms with van der Waals surface area (Å²) in [4.78, 5) is 0. The van der Waals surface area contributed by atoms with Crippen molar-refractivity contribution in [2.75, 3.05) is 16.0 Å². The summed E-state index contributed by atoms with van der Waals surface area (Å²) >= 11 is 0. The quantitative estimate of drug-likeness (QED) is 0.524. The van der Waals surface area contributed by atoms with Crippen LogP contribution in [0, 0.1) is 0 Å². The second-order valence-corrected chi connectivity index (χ2v) is 8.69. The Bertz CT molecular complexity index is 1340. The van der Waals surface area contributed by atoms with Crippen LogP contribution in [0.3, 0.4) is 0 Å². The molecular weight excluding hydrogens is 384 g/mol. The van der Waals surface area contributed by atoms with Gasteiger partial charge in [-0.3, -0.25) is 0 Å². The fourth-order valence-corrected chi connectivity index (χ4v) is 5.38. The van der Waals surface area contributed by atoms with Crippen LogP contribution in [0.15, 0.2) is 66.4 Å². The van der Waals surface area contributed by atoms with E-state index in [0.29, 0.717) is 0 Å². The molecule has 0 saturated heterocycles. The molecule has 0 spiro atoms. The van der Waals surface area contributed by atoms with Gasteiger partial charge in [-0.05, 0) is 47.7 Å². The summed E-state index contributed by atoms with van der Waals surface area (Å²) < 4.78 is 6.50. The molecule has 0 fully saturated rings. The first kappa shape index (κ1) is 17.1. The molecule has 0 saturated carbocycles. The summed E-state index contributed by atoms with van der Waals surface area (Å²) in [5.74, 6) is 0.976. The Morgan fingerprint density at radius 2 is 1.55 bits per heavy atom. The minimum Gasteiger partial charge on any atom is -0.486 e. The standard InChI is InChI=1S/C26H24N4O/c1-5-15-6-2-10-18-23(15)17(9-1)27-25(28-18)21-13-14-22(31-21)26-29-19-11-3-7-16-8-4-12-20(30-26)24(16)19/h1-3,5-11,14,21,25-30H,4,12-13H2. The lowest BCUT2D eigenvalue weighted by Crippen LogP contribution is -2.50. The Morgan fingerprint density at radius 3 is 2.39 bits per heavy atom. The Labute approximate surface area is 180 Å². The molecule has 3 aliphatic heterocycles. The lowest BCUT2D eigenvalue weighted by Gasteiger charge is -2.35. The number of hydrogen-bond donors (Lipinski definition) is 4. The van der Waals surface area contributed by atoms with Gasteiger partial charge < -0.3 is 26.0 Å². The first-order valence-corrected chi connectivity index (χ1v) is 11.1. The molecule has 5 heteroatoms. The summed E-state index contributed by atoms with van der Waals surface area (Å²) in [5, 5.41) is 19.8. The van der Waals surface area contributed by atoms with Crippen molar-refractivity contribution in [1.82, 2.24) is 5.32 Å². The zero-order valence-electron chi connectivity index (χ0n) is 17.1. The Balaban J connectivity index is 1.13. The summed E-state index contributed by atoms with van der Waals surface area (Å²) in [6.45, 7) is 0. The monoisotopic (exact) mass is 408 g/mol. The fourth-order valence-electron chi connectivity index (χ4n) is 5.38. The molecule has 3 aromatic carbocycles. The number of anilines is 3. The number of rotatable bonds is 2. The van der Waals surface area contributed by atoms with Crippen LogP contribution in [0.1, 0.15) is 19.3 Å². The molecule has 1 aliphatic carbocycles. The van der Waals surface area contributed by atoms with Crippen molar-refractivity contribution in [3.63, 3.8) is 0 Å². The van der Waals surface area contributed by atoms with Crippen LogP contribution in [0.5, 0.6) is 0 Å². The maximum absolute atomic E-state index is 6.50. The highest BCUT2D eigenvalue weighted by Crippen LogP contribution is 2.37. The third-order valence-electron chi connectivity index (χ3n) is 6.80.